The van der Waals surface area contributed by atoms with E-state index in [0.717, 1.165) is 73.5 Å². The Kier molecular flexibility index (Phi) is 7.99. The number of para-hydroxylation sites is 6. The van der Waals surface area contributed by atoms with Crippen molar-refractivity contribution in [3.8, 4) is 50.9 Å². The zero-order valence-corrected chi connectivity index (χ0v) is 39.0. The van der Waals surface area contributed by atoms with Gasteiger partial charge in [0.05, 0.1) is 21.9 Å². The monoisotopic (exact) mass is 918 g/mol. The Bertz CT molecular complexity index is 4170. The molecule has 16 rings (SSSR count). The van der Waals surface area contributed by atoms with E-state index in [1.54, 1.807) is 0 Å². The molecule has 336 valence electrons. The Labute approximate surface area is 416 Å². The van der Waals surface area contributed by atoms with E-state index in [-0.39, 0.29) is 0 Å². The van der Waals surface area contributed by atoms with Crippen LogP contribution in [0.15, 0.2) is 255 Å². The molecule has 2 aliphatic carbocycles. The van der Waals surface area contributed by atoms with Crippen molar-refractivity contribution in [1.82, 2.24) is 4.57 Å². The molecule has 12 aromatic rings. The van der Waals surface area contributed by atoms with E-state index in [1.807, 2.05) is 0 Å². The molecule has 3 heterocycles. The van der Waals surface area contributed by atoms with Gasteiger partial charge in [0.25, 0.3) is 0 Å². The van der Waals surface area contributed by atoms with Gasteiger partial charge in [-0.15, -0.1) is 0 Å². The molecular formula is C68H42N2O2. The first-order valence-corrected chi connectivity index (χ1v) is 24.8. The smallest absolute Gasteiger partial charge is 0.132 e. The van der Waals surface area contributed by atoms with Crippen LogP contribution in [0, 0.1) is 0 Å². The van der Waals surface area contributed by atoms with Gasteiger partial charge in [0.15, 0.2) is 0 Å². The molecule has 0 bridgehead atoms. The van der Waals surface area contributed by atoms with E-state index < -0.39 is 10.8 Å². The van der Waals surface area contributed by atoms with Crippen molar-refractivity contribution in [1.29, 1.82) is 0 Å². The van der Waals surface area contributed by atoms with Crippen LogP contribution in [-0.2, 0) is 10.8 Å². The maximum atomic E-state index is 6.76. The molecule has 4 nitrogen and oxygen atoms in total. The zero-order valence-electron chi connectivity index (χ0n) is 39.0. The van der Waals surface area contributed by atoms with E-state index in [4.69, 9.17) is 9.47 Å². The molecule has 4 heteroatoms. The number of nitrogens with zero attached hydrogens (tertiary/aromatic N) is 2. The number of hydrogen-bond donors (Lipinski definition) is 0. The van der Waals surface area contributed by atoms with Crippen LogP contribution in [0.1, 0.15) is 44.5 Å². The van der Waals surface area contributed by atoms with Gasteiger partial charge in [-0.1, -0.05) is 170 Å². The van der Waals surface area contributed by atoms with Crippen LogP contribution >= 0.6 is 0 Å². The van der Waals surface area contributed by atoms with Crippen molar-refractivity contribution in [3.63, 3.8) is 0 Å². The summed E-state index contributed by atoms with van der Waals surface area (Å²) < 4.78 is 15.9. The molecule has 1 aromatic heterocycles. The van der Waals surface area contributed by atoms with Gasteiger partial charge in [-0.2, -0.15) is 0 Å². The van der Waals surface area contributed by atoms with Gasteiger partial charge in [-0.25, -0.2) is 0 Å². The van der Waals surface area contributed by atoms with Crippen molar-refractivity contribution < 1.29 is 9.47 Å². The molecule has 0 saturated heterocycles. The number of benzene rings is 11. The van der Waals surface area contributed by atoms with E-state index in [2.05, 4.69) is 264 Å². The first-order chi connectivity index (χ1) is 35.7. The standard InChI is InChI=1S/C68H42N2O2/c1-2-18-43(19-3-1)70-61-29-13-6-22-50(61)52-41-45(36-39-62(52)70)69(44-35-38-55-51(40-44)48-21-5-8-24-54(48)67(55)56-25-9-14-30-63(56)71-64-31-15-10-26-57(64)67)46-34-37-49-47-20-4-7-23-53(47)68(60(49)42-46)58-27-11-16-32-65(58)72-66-33-17-12-28-59(66)68/h1-42H. The lowest BCUT2D eigenvalue weighted by Crippen LogP contribution is -2.32. The number of rotatable bonds is 4. The lowest BCUT2D eigenvalue weighted by Gasteiger charge is -2.40. The summed E-state index contributed by atoms with van der Waals surface area (Å²) in [4.78, 5) is 2.49. The van der Waals surface area contributed by atoms with Gasteiger partial charge < -0.3 is 18.9 Å². The summed E-state index contributed by atoms with van der Waals surface area (Å²) in [7, 11) is 0. The van der Waals surface area contributed by atoms with Crippen molar-refractivity contribution in [2.75, 3.05) is 4.90 Å². The van der Waals surface area contributed by atoms with Gasteiger partial charge in [0.1, 0.15) is 23.0 Å². The van der Waals surface area contributed by atoms with Crippen molar-refractivity contribution >= 4 is 38.9 Å². The molecule has 0 amide bonds. The Balaban J connectivity index is 0.980. The van der Waals surface area contributed by atoms with Crippen LogP contribution < -0.4 is 14.4 Å². The third-order valence-corrected chi connectivity index (χ3v) is 16.1. The lowest BCUT2D eigenvalue weighted by atomic mass is 9.66. The van der Waals surface area contributed by atoms with E-state index in [1.165, 1.54) is 60.8 Å². The van der Waals surface area contributed by atoms with Gasteiger partial charge in [-0.3, -0.25) is 0 Å². The molecule has 4 aliphatic rings. The Morgan fingerprint density at radius 1 is 0.278 bits per heavy atom. The Morgan fingerprint density at radius 2 is 0.694 bits per heavy atom. The van der Waals surface area contributed by atoms with E-state index in [0.29, 0.717) is 0 Å². The first-order valence-electron chi connectivity index (χ1n) is 24.8. The van der Waals surface area contributed by atoms with Crippen molar-refractivity contribution in [2.24, 2.45) is 0 Å². The fourth-order valence-electron chi connectivity index (χ4n) is 13.4. The van der Waals surface area contributed by atoms with Crippen LogP contribution in [0.3, 0.4) is 0 Å². The molecule has 11 aromatic carbocycles. The second kappa shape index (κ2) is 14.6. The summed E-state index contributed by atoms with van der Waals surface area (Å²) in [6.07, 6.45) is 0. The summed E-state index contributed by atoms with van der Waals surface area (Å²) >= 11 is 0. The second-order valence-corrected chi connectivity index (χ2v) is 19.5. The summed E-state index contributed by atoms with van der Waals surface area (Å²) in [6, 6.07) is 93.3. The molecular weight excluding hydrogens is 877 g/mol. The molecule has 2 spiro atoms. The molecule has 0 N–H and O–H groups in total. The third kappa shape index (κ3) is 5.05. The maximum absolute atomic E-state index is 6.76. The van der Waals surface area contributed by atoms with Crippen molar-refractivity contribution in [2.45, 2.75) is 10.8 Å². The number of ether oxygens (including phenoxy) is 2. The van der Waals surface area contributed by atoms with Gasteiger partial charge in [-0.05, 0) is 129 Å². The van der Waals surface area contributed by atoms with E-state index in [9.17, 15) is 0 Å². The first kappa shape index (κ1) is 39.5. The summed E-state index contributed by atoms with van der Waals surface area (Å²) in [5.74, 6) is 3.53. The minimum atomic E-state index is -0.626. The largest absolute Gasteiger partial charge is 0.457 e. The van der Waals surface area contributed by atoms with Crippen LogP contribution in [0.5, 0.6) is 23.0 Å². The molecule has 0 fully saturated rings. The third-order valence-electron chi connectivity index (χ3n) is 16.1. The molecule has 0 unspecified atom stereocenters. The van der Waals surface area contributed by atoms with Crippen molar-refractivity contribution in [3.05, 3.63) is 299 Å². The van der Waals surface area contributed by atoms with Gasteiger partial charge in [0.2, 0.25) is 0 Å². The normalized spacial score (nSPS) is 14.3. The average Bonchev–Trinajstić information content (AvgIpc) is 4.04. The quantitative estimate of drug-likeness (QED) is 0.176. The van der Waals surface area contributed by atoms with Crippen LogP contribution in [0.25, 0.3) is 49.7 Å². The Morgan fingerprint density at radius 3 is 1.32 bits per heavy atom. The van der Waals surface area contributed by atoms with Gasteiger partial charge in [0, 0.05) is 55.8 Å². The van der Waals surface area contributed by atoms with E-state index >= 15 is 0 Å². The molecule has 2 aliphatic heterocycles. The van der Waals surface area contributed by atoms with Crippen LogP contribution in [-0.4, -0.2) is 4.57 Å². The minimum Gasteiger partial charge on any atom is -0.457 e. The van der Waals surface area contributed by atoms with Gasteiger partial charge >= 0.3 is 0 Å². The highest BCUT2D eigenvalue weighted by Gasteiger charge is 2.53. The second-order valence-electron chi connectivity index (χ2n) is 19.5. The average molecular weight is 919 g/mol. The fourth-order valence-corrected chi connectivity index (χ4v) is 13.4. The highest BCUT2D eigenvalue weighted by atomic mass is 16.5. The fraction of sp³-hybridized carbons (Fsp3) is 0.0294. The SMILES string of the molecule is c1ccc(-n2c3ccccc3c3cc(N(c4ccc5c(c4)-c4ccccc4C54c5ccccc5Oc5ccccc54)c4ccc5c(c4)C4(c6ccccc6Oc6ccccc64)c4ccccc4-5)ccc32)cc1. The Hall–Kier alpha value is -9.38. The molecule has 0 radical (unpaired) electrons. The lowest BCUT2D eigenvalue weighted by molar-refractivity contribution is 0.436. The minimum absolute atomic E-state index is 0.575. The van der Waals surface area contributed by atoms with Crippen LogP contribution in [0.4, 0.5) is 17.1 Å². The zero-order chi connectivity index (χ0) is 47.1. The highest BCUT2D eigenvalue weighted by molar-refractivity contribution is 6.11. The molecule has 0 saturated carbocycles. The highest BCUT2D eigenvalue weighted by Crippen LogP contribution is 2.65. The summed E-state index contributed by atoms with van der Waals surface area (Å²) in [5, 5.41) is 2.40. The number of fused-ring (bicyclic) bond motifs is 21. The topological polar surface area (TPSA) is 26.6 Å². The van der Waals surface area contributed by atoms with Crippen LogP contribution in [0.2, 0.25) is 0 Å². The summed E-state index contributed by atoms with van der Waals surface area (Å²) in [5.41, 5.74) is 20.0. The number of anilines is 3. The number of hydrogen-bond acceptors (Lipinski definition) is 3. The molecule has 0 atom stereocenters. The maximum Gasteiger partial charge on any atom is 0.132 e. The number of aromatic nitrogens is 1. The summed E-state index contributed by atoms with van der Waals surface area (Å²) in [6.45, 7) is 0. The predicted molar refractivity (Wildman–Crippen MR) is 290 cm³/mol. The predicted octanol–water partition coefficient (Wildman–Crippen LogP) is 17.2. The molecule has 72 heavy (non-hydrogen) atoms.